The van der Waals surface area contributed by atoms with Crippen molar-refractivity contribution in [2.75, 3.05) is 0 Å². The maximum atomic E-state index is 12.5. The van der Waals surface area contributed by atoms with Crippen molar-refractivity contribution in [3.8, 4) is 0 Å². The number of hydrogen-bond donors (Lipinski definition) is 0. The third-order valence-corrected chi connectivity index (χ3v) is 4.19. The molecule has 0 aliphatic heterocycles. The first kappa shape index (κ1) is 13.2. The van der Waals surface area contributed by atoms with Gasteiger partial charge in [0.15, 0.2) is 11.6 Å². The minimum absolute atomic E-state index is 0.179. The molecule has 1 aliphatic carbocycles. The molecule has 0 fully saturated rings. The number of benzene rings is 2. The first-order valence-corrected chi connectivity index (χ1v) is 7.26. The highest BCUT2D eigenvalue weighted by atomic mass is 35.5. The van der Waals surface area contributed by atoms with Gasteiger partial charge < -0.3 is 0 Å². The van der Waals surface area contributed by atoms with E-state index in [1.807, 2.05) is 6.07 Å². The van der Waals surface area contributed by atoms with Crippen LogP contribution in [-0.2, 0) is 0 Å². The Kier molecular flexibility index (Phi) is 2.84. The van der Waals surface area contributed by atoms with Crippen molar-refractivity contribution in [2.24, 2.45) is 0 Å². The number of rotatable bonds is 1. The van der Waals surface area contributed by atoms with Gasteiger partial charge in [0, 0.05) is 21.5 Å². The molecule has 0 amide bonds. The van der Waals surface area contributed by atoms with E-state index < -0.39 is 5.92 Å². The van der Waals surface area contributed by atoms with Gasteiger partial charge in [0.2, 0.25) is 0 Å². The van der Waals surface area contributed by atoms with Gasteiger partial charge in [0.1, 0.15) is 5.92 Å². The highest BCUT2D eigenvalue weighted by Gasteiger charge is 2.40. The van der Waals surface area contributed by atoms with Crippen molar-refractivity contribution >= 4 is 34.1 Å². The fourth-order valence-electron chi connectivity index (χ4n) is 2.88. The van der Waals surface area contributed by atoms with Crippen LogP contribution in [0.2, 0.25) is 5.02 Å². The molecule has 4 rings (SSSR count). The molecule has 0 N–H and O–H groups in total. The first-order valence-electron chi connectivity index (χ1n) is 6.89. The summed E-state index contributed by atoms with van der Waals surface area (Å²) >= 11 is 5.96. The van der Waals surface area contributed by atoms with Crippen molar-refractivity contribution in [2.45, 2.75) is 5.92 Å². The molecule has 3 aromatic rings. The van der Waals surface area contributed by atoms with Crippen molar-refractivity contribution in [1.29, 1.82) is 0 Å². The number of carbonyl (C=O) groups is 2. The van der Waals surface area contributed by atoms with E-state index in [9.17, 15) is 9.59 Å². The lowest BCUT2D eigenvalue weighted by Gasteiger charge is -2.08. The number of pyridine rings is 1. The Labute approximate surface area is 131 Å². The Morgan fingerprint density at radius 2 is 1.55 bits per heavy atom. The molecular formula is C18H10ClNO2. The van der Waals surface area contributed by atoms with Gasteiger partial charge in [0.25, 0.3) is 0 Å². The summed E-state index contributed by atoms with van der Waals surface area (Å²) in [6.07, 6.45) is 0. The van der Waals surface area contributed by atoms with Gasteiger partial charge in [-0.1, -0.05) is 41.9 Å². The van der Waals surface area contributed by atoms with Crippen LogP contribution in [0.4, 0.5) is 0 Å². The SMILES string of the molecule is O=C1c2ccccc2C(=O)C1c1ccc2cc(Cl)ccc2n1. The van der Waals surface area contributed by atoms with Crippen LogP contribution in [0.5, 0.6) is 0 Å². The van der Waals surface area contributed by atoms with Crippen LogP contribution in [0.3, 0.4) is 0 Å². The second-order valence-corrected chi connectivity index (χ2v) is 5.72. The maximum absolute atomic E-state index is 12.5. The van der Waals surface area contributed by atoms with E-state index in [4.69, 9.17) is 11.6 Å². The van der Waals surface area contributed by atoms with Gasteiger partial charge in [0.05, 0.1) is 11.2 Å². The van der Waals surface area contributed by atoms with Crippen molar-refractivity contribution in [3.63, 3.8) is 0 Å². The highest BCUT2D eigenvalue weighted by molar-refractivity contribution is 6.31. The summed E-state index contributed by atoms with van der Waals surface area (Å²) in [5, 5.41) is 1.51. The molecule has 106 valence electrons. The van der Waals surface area contributed by atoms with Crippen LogP contribution >= 0.6 is 11.6 Å². The van der Waals surface area contributed by atoms with Crippen LogP contribution in [-0.4, -0.2) is 16.6 Å². The first-order chi connectivity index (χ1) is 10.6. The van der Waals surface area contributed by atoms with Gasteiger partial charge in [-0.2, -0.15) is 0 Å². The Hall–Kier alpha value is -2.52. The van der Waals surface area contributed by atoms with Crippen LogP contribution in [0.1, 0.15) is 32.3 Å². The number of ketones is 2. The smallest absolute Gasteiger partial charge is 0.180 e. The molecule has 0 unspecified atom stereocenters. The van der Waals surface area contributed by atoms with Crippen molar-refractivity contribution in [1.82, 2.24) is 4.98 Å². The van der Waals surface area contributed by atoms with Gasteiger partial charge >= 0.3 is 0 Å². The topological polar surface area (TPSA) is 47.0 Å². The third kappa shape index (κ3) is 1.86. The van der Waals surface area contributed by atoms with Crippen LogP contribution in [0.25, 0.3) is 10.9 Å². The average molecular weight is 308 g/mol. The minimum atomic E-state index is -0.836. The van der Waals surface area contributed by atoms with Gasteiger partial charge in [-0.05, 0) is 24.3 Å². The average Bonchev–Trinajstić information content (AvgIpc) is 2.79. The molecule has 0 radical (unpaired) electrons. The normalized spacial score (nSPS) is 14.6. The molecule has 0 saturated carbocycles. The molecular weight excluding hydrogens is 298 g/mol. The minimum Gasteiger partial charge on any atom is -0.293 e. The van der Waals surface area contributed by atoms with Crippen LogP contribution in [0, 0.1) is 0 Å². The van der Waals surface area contributed by atoms with Crippen molar-refractivity contribution in [3.05, 3.63) is 76.4 Å². The van der Waals surface area contributed by atoms with Crippen molar-refractivity contribution < 1.29 is 9.59 Å². The highest BCUT2D eigenvalue weighted by Crippen LogP contribution is 2.33. The van der Waals surface area contributed by atoms with Crippen LogP contribution in [0.15, 0.2) is 54.6 Å². The molecule has 0 bridgehead atoms. The predicted molar refractivity (Wildman–Crippen MR) is 84.6 cm³/mol. The maximum Gasteiger partial charge on any atom is 0.180 e. The summed E-state index contributed by atoms with van der Waals surface area (Å²) in [6.45, 7) is 0. The van der Waals surface area contributed by atoms with E-state index in [2.05, 4.69) is 4.98 Å². The summed E-state index contributed by atoms with van der Waals surface area (Å²) < 4.78 is 0. The van der Waals surface area contributed by atoms with E-state index in [0.717, 1.165) is 10.9 Å². The lowest BCUT2D eigenvalue weighted by atomic mass is 9.98. The Morgan fingerprint density at radius 3 is 2.23 bits per heavy atom. The zero-order chi connectivity index (χ0) is 15.3. The molecule has 22 heavy (non-hydrogen) atoms. The molecule has 2 aromatic carbocycles. The largest absolute Gasteiger partial charge is 0.293 e. The Bertz CT molecular complexity index is 914. The van der Waals surface area contributed by atoms with E-state index in [0.29, 0.717) is 21.8 Å². The number of fused-ring (bicyclic) bond motifs is 2. The summed E-state index contributed by atoms with van der Waals surface area (Å²) in [4.78, 5) is 29.5. The molecule has 4 heteroatoms. The molecule has 1 heterocycles. The van der Waals surface area contributed by atoms with Gasteiger partial charge in [-0.3, -0.25) is 14.6 Å². The lowest BCUT2D eigenvalue weighted by molar-refractivity contribution is 0.0888. The van der Waals surface area contributed by atoms with E-state index in [-0.39, 0.29) is 11.6 Å². The van der Waals surface area contributed by atoms with Gasteiger partial charge in [-0.25, -0.2) is 0 Å². The third-order valence-electron chi connectivity index (χ3n) is 3.95. The zero-order valence-corrected chi connectivity index (χ0v) is 12.2. The molecule has 0 saturated heterocycles. The quantitative estimate of drug-likeness (QED) is 0.637. The second-order valence-electron chi connectivity index (χ2n) is 5.28. The molecule has 3 nitrogen and oxygen atoms in total. The molecule has 1 aromatic heterocycles. The van der Waals surface area contributed by atoms with E-state index >= 15 is 0 Å². The standard InChI is InChI=1S/C18H10ClNO2/c19-11-6-8-14-10(9-11)5-7-15(20-14)16-17(21)12-3-1-2-4-13(12)18(16)22/h1-9,16H. The van der Waals surface area contributed by atoms with Gasteiger partial charge in [-0.15, -0.1) is 0 Å². The van der Waals surface area contributed by atoms with E-state index in [1.54, 1.807) is 48.5 Å². The number of halogens is 1. The molecule has 0 spiro atoms. The number of nitrogens with zero attached hydrogens (tertiary/aromatic N) is 1. The number of Topliss-reactive ketones (excluding diaryl/α,β-unsaturated/α-hetero) is 2. The summed E-state index contributed by atoms with van der Waals surface area (Å²) in [6, 6.07) is 15.8. The predicted octanol–water partition coefficient (Wildman–Crippen LogP) is 4.05. The Balaban J connectivity index is 1.85. The molecule has 1 aliphatic rings. The number of carbonyl (C=O) groups excluding carboxylic acids is 2. The molecule has 0 atom stereocenters. The number of hydrogen-bond acceptors (Lipinski definition) is 3. The summed E-state index contributed by atoms with van der Waals surface area (Å²) in [7, 11) is 0. The van der Waals surface area contributed by atoms with E-state index in [1.165, 1.54) is 0 Å². The Morgan fingerprint density at radius 1 is 0.864 bits per heavy atom. The number of aromatic nitrogens is 1. The summed E-state index contributed by atoms with van der Waals surface area (Å²) in [5.41, 5.74) is 2.17. The fourth-order valence-corrected chi connectivity index (χ4v) is 3.07. The monoisotopic (exact) mass is 307 g/mol. The lowest BCUT2D eigenvalue weighted by Crippen LogP contribution is -2.14. The fraction of sp³-hybridized carbons (Fsp3) is 0.0556. The summed E-state index contributed by atoms with van der Waals surface area (Å²) in [5.74, 6) is -1.19. The van der Waals surface area contributed by atoms with Crippen LogP contribution < -0.4 is 0 Å². The second kappa shape index (κ2) is 4.75. The zero-order valence-electron chi connectivity index (χ0n) is 11.4.